The maximum atomic E-state index is 12.6. The van der Waals surface area contributed by atoms with Crippen LogP contribution in [-0.4, -0.2) is 56.1 Å². The number of hydrogen-bond donors (Lipinski definition) is 1. The van der Waals surface area contributed by atoms with E-state index in [-0.39, 0.29) is 42.9 Å². The highest BCUT2D eigenvalue weighted by Gasteiger charge is 2.15. The zero-order valence-corrected chi connectivity index (χ0v) is 17.8. The lowest BCUT2D eigenvalue weighted by atomic mass is 10.2. The number of nitrogens with one attached hydrogen (secondary N) is 1. The molecule has 2 rings (SSSR count). The highest BCUT2D eigenvalue weighted by molar-refractivity contribution is 5.78. The predicted octanol–water partition coefficient (Wildman–Crippen LogP) is 3.49. The molecule has 0 saturated heterocycles. The largest absolute Gasteiger partial charge is 0.493 e. The molecule has 2 aromatic rings. The van der Waals surface area contributed by atoms with Gasteiger partial charge in [-0.2, -0.15) is 8.78 Å². The van der Waals surface area contributed by atoms with Crippen LogP contribution in [0.25, 0.3) is 0 Å². The van der Waals surface area contributed by atoms with Crippen LogP contribution in [0.4, 0.5) is 13.6 Å². The number of carbonyl (C=O) groups is 2. The molecule has 0 radical (unpaired) electrons. The number of rotatable bonds is 10. The molecule has 0 bridgehead atoms. The van der Waals surface area contributed by atoms with Crippen molar-refractivity contribution >= 4 is 11.9 Å². The molecule has 0 aromatic heterocycles. The van der Waals surface area contributed by atoms with Crippen LogP contribution in [0.1, 0.15) is 17.5 Å². The lowest BCUT2D eigenvalue weighted by Gasteiger charge is -2.20. The highest BCUT2D eigenvalue weighted by Crippen LogP contribution is 2.29. The van der Waals surface area contributed by atoms with Gasteiger partial charge in [0.2, 0.25) is 5.91 Å². The second-order valence-corrected chi connectivity index (χ2v) is 6.94. The number of benzene rings is 2. The first-order valence-electron chi connectivity index (χ1n) is 9.68. The number of carbonyl (C=O) groups excluding carboxylic acids is 2. The Kier molecular flexibility index (Phi) is 9.05. The standard InChI is InChI=1S/C22H27F2N3O4/c1-26(15-17-9-10-18(30-3)19(13-17)31-21(23)24)20(28)11-12-25-22(29)27(2)14-16-7-5-4-6-8-16/h4-10,13,21H,11-12,14-15H2,1-3H3,(H,25,29). The Morgan fingerprint density at radius 3 is 2.29 bits per heavy atom. The van der Waals surface area contributed by atoms with Crippen molar-refractivity contribution in [2.75, 3.05) is 27.7 Å². The smallest absolute Gasteiger partial charge is 0.387 e. The minimum absolute atomic E-state index is 0.0930. The van der Waals surface area contributed by atoms with Gasteiger partial charge >= 0.3 is 12.6 Å². The van der Waals surface area contributed by atoms with Crippen LogP contribution in [0.15, 0.2) is 48.5 Å². The first kappa shape index (κ1) is 23.9. The Morgan fingerprint density at radius 2 is 1.65 bits per heavy atom. The number of hydrogen-bond acceptors (Lipinski definition) is 4. The molecule has 7 nitrogen and oxygen atoms in total. The minimum Gasteiger partial charge on any atom is -0.493 e. The molecule has 168 valence electrons. The predicted molar refractivity (Wildman–Crippen MR) is 112 cm³/mol. The lowest BCUT2D eigenvalue weighted by Crippen LogP contribution is -2.39. The second kappa shape index (κ2) is 11.7. The third-order valence-electron chi connectivity index (χ3n) is 4.51. The normalized spacial score (nSPS) is 10.5. The van der Waals surface area contributed by atoms with Crippen molar-refractivity contribution in [3.63, 3.8) is 0 Å². The van der Waals surface area contributed by atoms with Crippen LogP contribution in [0.5, 0.6) is 11.5 Å². The van der Waals surface area contributed by atoms with Crippen molar-refractivity contribution in [2.45, 2.75) is 26.1 Å². The van der Waals surface area contributed by atoms with E-state index in [9.17, 15) is 18.4 Å². The second-order valence-electron chi connectivity index (χ2n) is 6.94. The van der Waals surface area contributed by atoms with Crippen LogP contribution in [-0.2, 0) is 17.9 Å². The third kappa shape index (κ3) is 7.76. The van der Waals surface area contributed by atoms with Crippen LogP contribution >= 0.6 is 0 Å². The summed E-state index contributed by atoms with van der Waals surface area (Å²) in [5, 5.41) is 2.72. The number of halogens is 2. The summed E-state index contributed by atoms with van der Waals surface area (Å²) in [4.78, 5) is 27.5. The maximum Gasteiger partial charge on any atom is 0.387 e. The van der Waals surface area contributed by atoms with Gasteiger partial charge in [0.05, 0.1) is 7.11 Å². The highest BCUT2D eigenvalue weighted by atomic mass is 19.3. The Bertz CT molecular complexity index is 865. The van der Waals surface area contributed by atoms with Gasteiger partial charge < -0.3 is 24.6 Å². The van der Waals surface area contributed by atoms with Crippen molar-refractivity contribution in [2.24, 2.45) is 0 Å². The van der Waals surface area contributed by atoms with E-state index in [1.54, 1.807) is 20.2 Å². The molecular formula is C22H27F2N3O4. The SMILES string of the molecule is COc1ccc(CN(C)C(=O)CCNC(=O)N(C)Cc2ccccc2)cc1OC(F)F. The molecule has 2 aromatic carbocycles. The summed E-state index contributed by atoms with van der Waals surface area (Å²) in [6, 6.07) is 13.9. The zero-order chi connectivity index (χ0) is 22.8. The fourth-order valence-corrected chi connectivity index (χ4v) is 2.90. The van der Waals surface area contributed by atoms with Crippen molar-refractivity contribution in [1.82, 2.24) is 15.1 Å². The van der Waals surface area contributed by atoms with E-state index in [4.69, 9.17) is 4.74 Å². The molecule has 0 saturated carbocycles. The van der Waals surface area contributed by atoms with Gasteiger partial charge in [0.25, 0.3) is 0 Å². The van der Waals surface area contributed by atoms with E-state index >= 15 is 0 Å². The summed E-state index contributed by atoms with van der Waals surface area (Å²) in [6.07, 6.45) is 0.109. The van der Waals surface area contributed by atoms with Gasteiger partial charge in [-0.15, -0.1) is 0 Å². The molecule has 0 aliphatic heterocycles. The maximum absolute atomic E-state index is 12.6. The molecule has 0 aliphatic rings. The fraction of sp³-hybridized carbons (Fsp3) is 0.364. The molecule has 9 heteroatoms. The first-order chi connectivity index (χ1) is 14.8. The minimum atomic E-state index is -2.98. The Morgan fingerprint density at radius 1 is 0.968 bits per heavy atom. The average molecular weight is 435 g/mol. The van der Waals surface area contributed by atoms with Gasteiger partial charge in [-0.3, -0.25) is 4.79 Å². The van der Waals surface area contributed by atoms with Gasteiger partial charge in [-0.25, -0.2) is 4.79 Å². The van der Waals surface area contributed by atoms with Crippen molar-refractivity contribution in [3.8, 4) is 11.5 Å². The van der Waals surface area contributed by atoms with E-state index in [0.29, 0.717) is 12.1 Å². The van der Waals surface area contributed by atoms with Crippen LogP contribution in [0.2, 0.25) is 0 Å². The van der Waals surface area contributed by atoms with Gasteiger partial charge in [-0.1, -0.05) is 36.4 Å². The van der Waals surface area contributed by atoms with E-state index in [2.05, 4.69) is 10.1 Å². The quantitative estimate of drug-likeness (QED) is 0.620. The van der Waals surface area contributed by atoms with Gasteiger partial charge in [-0.05, 0) is 23.3 Å². The van der Waals surface area contributed by atoms with Crippen molar-refractivity contribution < 1.29 is 27.8 Å². The van der Waals surface area contributed by atoms with E-state index in [1.807, 2.05) is 30.3 Å². The molecule has 0 unspecified atom stereocenters. The van der Waals surface area contributed by atoms with Crippen LogP contribution < -0.4 is 14.8 Å². The summed E-state index contributed by atoms with van der Waals surface area (Å²) in [5.41, 5.74) is 1.62. The number of methoxy groups -OCH3 is 1. The Labute approximate surface area is 180 Å². The topological polar surface area (TPSA) is 71.1 Å². The van der Waals surface area contributed by atoms with Crippen molar-refractivity contribution in [3.05, 3.63) is 59.7 Å². The number of nitrogens with zero attached hydrogens (tertiary/aromatic N) is 2. The number of ether oxygens (including phenoxy) is 2. The number of alkyl halides is 2. The van der Waals surface area contributed by atoms with E-state index in [0.717, 1.165) is 5.56 Å². The molecule has 0 fully saturated rings. The first-order valence-corrected chi connectivity index (χ1v) is 9.68. The third-order valence-corrected chi connectivity index (χ3v) is 4.51. The van der Waals surface area contributed by atoms with E-state index in [1.165, 1.54) is 29.0 Å². The number of amides is 3. The summed E-state index contributed by atoms with van der Waals surface area (Å²) in [5.74, 6) is -0.108. The Balaban J connectivity index is 1.81. The fourth-order valence-electron chi connectivity index (χ4n) is 2.90. The summed E-state index contributed by atoms with van der Waals surface area (Å²) >= 11 is 0. The molecule has 1 N–H and O–H groups in total. The average Bonchev–Trinajstić information content (AvgIpc) is 2.74. The molecule has 0 spiro atoms. The molecule has 0 aliphatic carbocycles. The molecule has 0 atom stereocenters. The van der Waals surface area contributed by atoms with Crippen LogP contribution in [0, 0.1) is 0 Å². The summed E-state index contributed by atoms with van der Waals surface area (Å²) in [6.45, 7) is -2.14. The number of urea groups is 1. The summed E-state index contributed by atoms with van der Waals surface area (Å²) < 4.78 is 34.6. The van der Waals surface area contributed by atoms with Gasteiger partial charge in [0.1, 0.15) is 0 Å². The van der Waals surface area contributed by atoms with Crippen molar-refractivity contribution in [1.29, 1.82) is 0 Å². The van der Waals surface area contributed by atoms with Gasteiger partial charge in [0, 0.05) is 40.2 Å². The van der Waals surface area contributed by atoms with E-state index < -0.39 is 6.61 Å². The molecule has 3 amide bonds. The zero-order valence-electron chi connectivity index (χ0n) is 17.8. The lowest BCUT2D eigenvalue weighted by molar-refractivity contribution is -0.130. The Hall–Kier alpha value is -3.36. The van der Waals surface area contributed by atoms with Gasteiger partial charge in [0.15, 0.2) is 11.5 Å². The molecular weight excluding hydrogens is 408 g/mol. The molecule has 31 heavy (non-hydrogen) atoms. The monoisotopic (exact) mass is 435 g/mol. The summed E-state index contributed by atoms with van der Waals surface area (Å²) in [7, 11) is 4.64. The van der Waals surface area contributed by atoms with Crippen LogP contribution in [0.3, 0.4) is 0 Å². The molecule has 0 heterocycles.